The van der Waals surface area contributed by atoms with Crippen molar-refractivity contribution in [1.82, 2.24) is 8.96 Å². The molecule has 0 aliphatic carbocycles. The van der Waals surface area contributed by atoms with Gasteiger partial charge in [0.2, 0.25) is 0 Å². The Bertz CT molecular complexity index is 1200. The second kappa shape index (κ2) is 6.00. The predicted molar refractivity (Wildman–Crippen MR) is 103 cm³/mol. The van der Waals surface area contributed by atoms with Crippen molar-refractivity contribution < 1.29 is 8.42 Å². The molecule has 4 rings (SSSR count). The van der Waals surface area contributed by atoms with Crippen LogP contribution in [0.15, 0.2) is 77.8 Å². The maximum atomic E-state index is 13.1. The smallest absolute Gasteiger partial charge is 0.269 e. The topological polar surface area (TPSA) is 78.0 Å². The summed E-state index contributed by atoms with van der Waals surface area (Å²) in [5.41, 5.74) is 9.36. The standard InChI is InChI=1S/C20H17N3O2S/c1-14-13-19-18(15-7-9-16(21)10-8-15)11-12-22-20(19)23(14)26(24,25)17-5-3-2-4-6-17/h2-13H,21H2,1H3. The number of hydrogen-bond acceptors (Lipinski definition) is 4. The minimum atomic E-state index is -3.72. The fraction of sp³-hybridized carbons (Fsp3) is 0.0500. The number of benzene rings is 2. The number of aromatic nitrogens is 2. The zero-order chi connectivity index (χ0) is 18.3. The first-order valence-electron chi connectivity index (χ1n) is 8.12. The van der Waals surface area contributed by atoms with Gasteiger partial charge in [0, 0.05) is 23.0 Å². The number of nitrogen functional groups attached to an aromatic ring is 1. The number of anilines is 1. The average Bonchev–Trinajstić information content (AvgIpc) is 2.99. The maximum Gasteiger partial charge on any atom is 0.269 e. The number of rotatable bonds is 3. The zero-order valence-electron chi connectivity index (χ0n) is 14.1. The molecule has 0 amide bonds. The third-order valence-corrected chi connectivity index (χ3v) is 6.15. The second-order valence-corrected chi connectivity index (χ2v) is 7.87. The van der Waals surface area contributed by atoms with E-state index in [0.29, 0.717) is 17.0 Å². The van der Waals surface area contributed by atoms with Gasteiger partial charge >= 0.3 is 0 Å². The van der Waals surface area contributed by atoms with Gasteiger partial charge in [-0.25, -0.2) is 17.4 Å². The summed E-state index contributed by atoms with van der Waals surface area (Å²) >= 11 is 0. The summed E-state index contributed by atoms with van der Waals surface area (Å²) in [5.74, 6) is 0. The fourth-order valence-electron chi connectivity index (χ4n) is 3.12. The first-order valence-corrected chi connectivity index (χ1v) is 9.56. The predicted octanol–water partition coefficient (Wildman–Crippen LogP) is 3.83. The van der Waals surface area contributed by atoms with Crippen LogP contribution in [0, 0.1) is 6.92 Å². The largest absolute Gasteiger partial charge is 0.399 e. The minimum Gasteiger partial charge on any atom is -0.399 e. The van der Waals surface area contributed by atoms with Crippen LogP contribution in [0.5, 0.6) is 0 Å². The Hall–Kier alpha value is -3.12. The summed E-state index contributed by atoms with van der Waals surface area (Å²) in [6, 6.07) is 19.6. The average molecular weight is 363 g/mol. The van der Waals surface area contributed by atoms with Crippen LogP contribution in [-0.2, 0) is 10.0 Å². The number of fused-ring (bicyclic) bond motifs is 1. The van der Waals surface area contributed by atoms with Crippen LogP contribution in [0.4, 0.5) is 5.69 Å². The molecule has 2 aromatic heterocycles. The molecule has 0 aliphatic heterocycles. The molecular weight excluding hydrogens is 346 g/mol. The Labute approximate surface area is 151 Å². The molecule has 5 nitrogen and oxygen atoms in total. The highest BCUT2D eigenvalue weighted by Crippen LogP contribution is 2.32. The molecule has 26 heavy (non-hydrogen) atoms. The van der Waals surface area contributed by atoms with E-state index < -0.39 is 10.0 Å². The molecule has 6 heteroatoms. The van der Waals surface area contributed by atoms with E-state index >= 15 is 0 Å². The summed E-state index contributed by atoms with van der Waals surface area (Å²) in [5, 5.41) is 0.786. The van der Waals surface area contributed by atoms with Gasteiger partial charge in [0.25, 0.3) is 10.0 Å². The Balaban J connectivity index is 1.98. The molecule has 130 valence electrons. The van der Waals surface area contributed by atoms with E-state index in [2.05, 4.69) is 4.98 Å². The first-order chi connectivity index (χ1) is 12.5. The van der Waals surface area contributed by atoms with Gasteiger partial charge in [0.05, 0.1) is 4.90 Å². The molecule has 4 aromatic rings. The summed E-state index contributed by atoms with van der Waals surface area (Å²) in [6.07, 6.45) is 1.63. The van der Waals surface area contributed by atoms with Crippen LogP contribution in [0.3, 0.4) is 0 Å². The quantitative estimate of drug-likeness (QED) is 0.561. The SMILES string of the molecule is Cc1cc2c(-c3ccc(N)cc3)ccnc2n1S(=O)(=O)c1ccccc1. The van der Waals surface area contributed by atoms with Crippen LogP contribution in [0.2, 0.25) is 0 Å². The van der Waals surface area contributed by atoms with E-state index in [-0.39, 0.29) is 4.90 Å². The van der Waals surface area contributed by atoms with Crippen LogP contribution >= 0.6 is 0 Å². The van der Waals surface area contributed by atoms with Crippen molar-refractivity contribution in [2.75, 3.05) is 5.73 Å². The third-order valence-electron chi connectivity index (χ3n) is 4.34. The van der Waals surface area contributed by atoms with Gasteiger partial charge in [0.1, 0.15) is 0 Å². The van der Waals surface area contributed by atoms with Crippen molar-refractivity contribution in [3.8, 4) is 11.1 Å². The van der Waals surface area contributed by atoms with E-state index in [1.165, 1.54) is 3.97 Å². The van der Waals surface area contributed by atoms with E-state index in [9.17, 15) is 8.42 Å². The van der Waals surface area contributed by atoms with Gasteiger partial charge in [0.15, 0.2) is 5.65 Å². The molecule has 2 aromatic carbocycles. The van der Waals surface area contributed by atoms with Gasteiger partial charge in [-0.1, -0.05) is 30.3 Å². The van der Waals surface area contributed by atoms with Gasteiger partial charge in [-0.3, -0.25) is 0 Å². The molecule has 0 spiro atoms. The molecule has 0 radical (unpaired) electrons. The highest BCUT2D eigenvalue weighted by molar-refractivity contribution is 7.90. The number of aryl methyl sites for hydroxylation is 1. The summed E-state index contributed by atoms with van der Waals surface area (Å²) in [6.45, 7) is 1.77. The Kier molecular flexibility index (Phi) is 3.77. The second-order valence-electron chi connectivity index (χ2n) is 6.09. The molecular formula is C20H17N3O2S. The van der Waals surface area contributed by atoms with Crippen LogP contribution in [0.1, 0.15) is 5.69 Å². The lowest BCUT2D eigenvalue weighted by Gasteiger charge is -2.10. The number of nitrogens with two attached hydrogens (primary N) is 1. The molecule has 0 atom stereocenters. The fourth-order valence-corrected chi connectivity index (χ4v) is 4.63. The number of pyridine rings is 1. The van der Waals surface area contributed by atoms with Gasteiger partial charge < -0.3 is 5.73 Å². The zero-order valence-corrected chi connectivity index (χ0v) is 14.9. The highest BCUT2D eigenvalue weighted by Gasteiger charge is 2.23. The van der Waals surface area contributed by atoms with Crippen LogP contribution in [0.25, 0.3) is 22.2 Å². The molecule has 0 saturated carbocycles. The lowest BCUT2D eigenvalue weighted by Crippen LogP contribution is -2.14. The lowest BCUT2D eigenvalue weighted by molar-refractivity contribution is 0.587. The number of nitrogens with zero attached hydrogens (tertiary/aromatic N) is 2. The molecule has 0 bridgehead atoms. The summed E-state index contributed by atoms with van der Waals surface area (Å²) in [4.78, 5) is 4.59. The minimum absolute atomic E-state index is 0.236. The molecule has 2 heterocycles. The van der Waals surface area contributed by atoms with Crippen LogP contribution in [-0.4, -0.2) is 17.4 Å². The molecule has 0 unspecified atom stereocenters. The molecule has 0 aliphatic rings. The van der Waals surface area contributed by atoms with Gasteiger partial charge in [-0.15, -0.1) is 0 Å². The summed E-state index contributed by atoms with van der Waals surface area (Å²) < 4.78 is 27.6. The van der Waals surface area contributed by atoms with Crippen molar-refractivity contribution >= 4 is 26.7 Å². The van der Waals surface area contributed by atoms with Crippen LogP contribution < -0.4 is 5.73 Å². The Morgan fingerprint density at radius 1 is 0.962 bits per heavy atom. The lowest BCUT2D eigenvalue weighted by atomic mass is 10.0. The van der Waals surface area contributed by atoms with E-state index in [1.807, 2.05) is 36.4 Å². The molecule has 0 saturated heterocycles. The molecule has 2 N–H and O–H groups in total. The number of hydrogen-bond donors (Lipinski definition) is 1. The first kappa shape index (κ1) is 16.4. The van der Waals surface area contributed by atoms with Crippen molar-refractivity contribution in [1.29, 1.82) is 0 Å². The van der Waals surface area contributed by atoms with Gasteiger partial charge in [-0.05, 0) is 54.4 Å². The third kappa shape index (κ3) is 2.55. The van der Waals surface area contributed by atoms with Crippen molar-refractivity contribution in [3.63, 3.8) is 0 Å². The Morgan fingerprint density at radius 2 is 1.65 bits per heavy atom. The van der Waals surface area contributed by atoms with E-state index in [0.717, 1.165) is 16.5 Å². The van der Waals surface area contributed by atoms with E-state index in [1.54, 1.807) is 43.5 Å². The van der Waals surface area contributed by atoms with Gasteiger partial charge in [-0.2, -0.15) is 0 Å². The normalized spacial score (nSPS) is 11.7. The summed E-state index contributed by atoms with van der Waals surface area (Å²) in [7, 11) is -3.72. The van der Waals surface area contributed by atoms with E-state index in [4.69, 9.17) is 5.73 Å². The monoisotopic (exact) mass is 363 g/mol. The van der Waals surface area contributed by atoms with Crippen molar-refractivity contribution in [3.05, 3.63) is 78.6 Å². The maximum absolute atomic E-state index is 13.1. The highest BCUT2D eigenvalue weighted by atomic mass is 32.2. The van der Waals surface area contributed by atoms with Crippen molar-refractivity contribution in [2.24, 2.45) is 0 Å². The van der Waals surface area contributed by atoms with Crippen molar-refractivity contribution in [2.45, 2.75) is 11.8 Å². The Morgan fingerprint density at radius 3 is 2.35 bits per heavy atom. The molecule has 0 fully saturated rings.